The maximum Gasteiger partial charge on any atom is 0.282 e. The second-order valence-electron chi connectivity index (χ2n) is 8.21. The van der Waals surface area contributed by atoms with Crippen LogP contribution in [0.5, 0.6) is 34.5 Å². The zero-order valence-electron chi connectivity index (χ0n) is 21.9. The number of nitro groups is 1. The van der Waals surface area contributed by atoms with Crippen molar-refractivity contribution in [1.29, 1.82) is 0 Å². The summed E-state index contributed by atoms with van der Waals surface area (Å²) in [6.45, 7) is -0.0114. The van der Waals surface area contributed by atoms with Gasteiger partial charge < -0.3 is 28.4 Å². The van der Waals surface area contributed by atoms with E-state index < -0.39 is 4.92 Å². The lowest BCUT2D eigenvalue weighted by molar-refractivity contribution is -0.385. The highest BCUT2D eigenvalue weighted by atomic mass is 32.1. The minimum absolute atomic E-state index is 0.0114. The summed E-state index contributed by atoms with van der Waals surface area (Å²) in [5.74, 6) is 2.76. The standard InChI is InChI=1S/C27H24N4O8S/c1-34-19-7-5-18(6-8-19)29-27-30(28-13-17-11-22-23(39-15-38-22)12-20(17)31(32)33)21(14-40-27)16-9-24(35-2)26(37-4)25(10-16)36-3/h5-14H,15H2,1-4H3/b28-13+,29-27?. The van der Waals surface area contributed by atoms with Crippen molar-refractivity contribution >= 4 is 28.9 Å². The van der Waals surface area contributed by atoms with Gasteiger partial charge >= 0.3 is 0 Å². The van der Waals surface area contributed by atoms with Gasteiger partial charge in [0.05, 0.1) is 62.6 Å². The molecule has 12 nitrogen and oxygen atoms in total. The molecule has 40 heavy (non-hydrogen) atoms. The molecule has 0 bridgehead atoms. The van der Waals surface area contributed by atoms with Gasteiger partial charge in [-0.15, -0.1) is 11.3 Å². The molecule has 0 atom stereocenters. The van der Waals surface area contributed by atoms with Crippen LogP contribution in [0, 0.1) is 10.1 Å². The van der Waals surface area contributed by atoms with Gasteiger partial charge in [-0.3, -0.25) is 10.1 Å². The fraction of sp³-hybridized carbons (Fsp3) is 0.185. The third kappa shape index (κ3) is 5.14. The minimum Gasteiger partial charge on any atom is -0.497 e. The van der Waals surface area contributed by atoms with Gasteiger partial charge in [-0.05, 0) is 42.5 Å². The highest BCUT2D eigenvalue weighted by molar-refractivity contribution is 7.07. The summed E-state index contributed by atoms with van der Waals surface area (Å²) >= 11 is 1.34. The summed E-state index contributed by atoms with van der Waals surface area (Å²) in [5.41, 5.74) is 2.05. The van der Waals surface area contributed by atoms with Crippen LogP contribution in [0.2, 0.25) is 0 Å². The van der Waals surface area contributed by atoms with E-state index in [9.17, 15) is 10.1 Å². The molecule has 3 aromatic carbocycles. The molecule has 0 unspecified atom stereocenters. The number of methoxy groups -OCH3 is 4. The van der Waals surface area contributed by atoms with Gasteiger partial charge in [-0.1, -0.05) is 0 Å². The average Bonchev–Trinajstić information content (AvgIpc) is 3.61. The molecule has 1 aliphatic heterocycles. The number of hydrogen-bond donors (Lipinski definition) is 0. The SMILES string of the molecule is COc1ccc(N=c2scc(-c3cc(OC)c(OC)c(OC)c3)n2/N=C/c2cc3c(cc2[N+](=O)[O-])OCO3)cc1. The molecule has 0 spiro atoms. The van der Waals surface area contributed by atoms with E-state index in [4.69, 9.17) is 33.4 Å². The molecule has 1 aliphatic rings. The Balaban J connectivity index is 1.69. The van der Waals surface area contributed by atoms with E-state index in [2.05, 4.69) is 5.10 Å². The first-order valence-corrected chi connectivity index (χ1v) is 12.7. The lowest BCUT2D eigenvalue weighted by atomic mass is 10.1. The molecule has 5 rings (SSSR count). The first-order valence-electron chi connectivity index (χ1n) is 11.8. The topological polar surface area (TPSA) is 128 Å². The van der Waals surface area contributed by atoms with Gasteiger partial charge in [-0.25, -0.2) is 9.67 Å². The molecule has 0 aliphatic carbocycles. The summed E-state index contributed by atoms with van der Waals surface area (Å²) in [6, 6.07) is 13.7. The van der Waals surface area contributed by atoms with Crippen LogP contribution in [-0.4, -0.2) is 51.0 Å². The van der Waals surface area contributed by atoms with Gasteiger partial charge in [0.25, 0.3) is 5.69 Å². The smallest absolute Gasteiger partial charge is 0.282 e. The Bertz CT molecular complexity index is 1640. The van der Waals surface area contributed by atoms with E-state index in [-0.39, 0.29) is 18.0 Å². The normalized spacial score (nSPS) is 12.6. The molecule has 0 fully saturated rings. The Labute approximate surface area is 232 Å². The van der Waals surface area contributed by atoms with Crippen molar-refractivity contribution in [1.82, 2.24) is 4.68 Å². The fourth-order valence-electron chi connectivity index (χ4n) is 4.01. The molecule has 0 saturated heterocycles. The number of rotatable bonds is 9. The maximum absolute atomic E-state index is 11.8. The summed E-state index contributed by atoms with van der Waals surface area (Å²) < 4.78 is 34.1. The fourth-order valence-corrected chi connectivity index (χ4v) is 4.87. The summed E-state index contributed by atoms with van der Waals surface area (Å²) in [4.78, 5) is 16.6. The van der Waals surface area contributed by atoms with Crippen molar-refractivity contribution in [2.45, 2.75) is 0 Å². The van der Waals surface area contributed by atoms with Crippen molar-refractivity contribution in [3.63, 3.8) is 0 Å². The third-order valence-electron chi connectivity index (χ3n) is 5.97. The van der Waals surface area contributed by atoms with Crippen LogP contribution in [0.3, 0.4) is 0 Å². The highest BCUT2D eigenvalue weighted by Crippen LogP contribution is 2.41. The zero-order valence-corrected chi connectivity index (χ0v) is 22.8. The maximum atomic E-state index is 11.8. The number of hydrogen-bond acceptors (Lipinski definition) is 11. The summed E-state index contributed by atoms with van der Waals surface area (Å²) in [6.07, 6.45) is 1.39. The predicted molar refractivity (Wildman–Crippen MR) is 148 cm³/mol. The van der Waals surface area contributed by atoms with E-state index in [0.717, 1.165) is 0 Å². The summed E-state index contributed by atoms with van der Waals surface area (Å²) in [7, 11) is 6.18. The van der Waals surface area contributed by atoms with Crippen molar-refractivity contribution in [2.24, 2.45) is 10.1 Å². The minimum atomic E-state index is -0.496. The molecule has 4 aromatic rings. The number of fused-ring (bicyclic) bond motifs is 1. The molecule has 1 aromatic heterocycles. The van der Waals surface area contributed by atoms with E-state index in [1.165, 1.54) is 51.0 Å². The van der Waals surface area contributed by atoms with Crippen LogP contribution < -0.4 is 33.2 Å². The lowest BCUT2D eigenvalue weighted by Crippen LogP contribution is -2.12. The Kier molecular flexibility index (Phi) is 7.55. The molecule has 2 heterocycles. The predicted octanol–water partition coefficient (Wildman–Crippen LogP) is 5.00. The van der Waals surface area contributed by atoms with Gasteiger partial charge in [0, 0.05) is 10.9 Å². The molecule has 13 heteroatoms. The van der Waals surface area contributed by atoms with Crippen LogP contribution in [0.4, 0.5) is 11.4 Å². The average molecular weight is 565 g/mol. The van der Waals surface area contributed by atoms with E-state index in [1.807, 2.05) is 17.5 Å². The van der Waals surface area contributed by atoms with Crippen molar-refractivity contribution in [3.05, 3.63) is 74.4 Å². The zero-order chi connectivity index (χ0) is 28.2. The Morgan fingerprint density at radius 1 is 0.950 bits per heavy atom. The number of nitro benzene ring substituents is 1. The number of nitrogens with zero attached hydrogens (tertiary/aromatic N) is 4. The Morgan fingerprint density at radius 2 is 1.62 bits per heavy atom. The molecule has 0 N–H and O–H groups in total. The summed E-state index contributed by atoms with van der Waals surface area (Å²) in [5, 5.41) is 18.3. The van der Waals surface area contributed by atoms with Crippen molar-refractivity contribution in [2.75, 3.05) is 35.2 Å². The third-order valence-corrected chi connectivity index (χ3v) is 6.79. The molecular formula is C27H24N4O8S. The van der Waals surface area contributed by atoms with Gasteiger partial charge in [0.1, 0.15) is 5.75 Å². The van der Waals surface area contributed by atoms with Gasteiger partial charge in [0.15, 0.2) is 23.0 Å². The number of aromatic nitrogens is 1. The van der Waals surface area contributed by atoms with Crippen LogP contribution in [0.15, 0.2) is 64.0 Å². The highest BCUT2D eigenvalue weighted by Gasteiger charge is 2.23. The number of ether oxygens (including phenoxy) is 6. The lowest BCUT2D eigenvalue weighted by Gasteiger charge is -2.14. The number of benzene rings is 3. The van der Waals surface area contributed by atoms with Crippen LogP contribution >= 0.6 is 11.3 Å². The second-order valence-corrected chi connectivity index (χ2v) is 9.04. The molecule has 0 radical (unpaired) electrons. The molecular weight excluding hydrogens is 540 g/mol. The Morgan fingerprint density at radius 3 is 2.23 bits per heavy atom. The second kappa shape index (κ2) is 11.4. The monoisotopic (exact) mass is 564 g/mol. The molecule has 206 valence electrons. The van der Waals surface area contributed by atoms with E-state index in [0.29, 0.717) is 56.2 Å². The van der Waals surface area contributed by atoms with Gasteiger partial charge in [0.2, 0.25) is 17.3 Å². The first-order chi connectivity index (χ1) is 19.4. The van der Waals surface area contributed by atoms with Crippen LogP contribution in [-0.2, 0) is 0 Å². The first kappa shape index (κ1) is 26.6. The van der Waals surface area contributed by atoms with Gasteiger partial charge in [-0.2, -0.15) is 5.10 Å². The Hall–Kier alpha value is -5.04. The van der Waals surface area contributed by atoms with E-state index in [1.54, 1.807) is 36.1 Å². The quantitative estimate of drug-likeness (QED) is 0.158. The van der Waals surface area contributed by atoms with E-state index >= 15 is 0 Å². The van der Waals surface area contributed by atoms with Crippen molar-refractivity contribution in [3.8, 4) is 45.8 Å². The number of thiazole rings is 1. The molecule has 0 saturated carbocycles. The molecule has 0 amide bonds. The largest absolute Gasteiger partial charge is 0.497 e. The van der Waals surface area contributed by atoms with Crippen LogP contribution in [0.1, 0.15) is 5.56 Å². The van der Waals surface area contributed by atoms with Crippen LogP contribution in [0.25, 0.3) is 11.3 Å². The van der Waals surface area contributed by atoms with Crippen molar-refractivity contribution < 1.29 is 33.3 Å².